The molecule has 0 saturated heterocycles. The fourth-order valence-corrected chi connectivity index (χ4v) is 15.8. The van der Waals surface area contributed by atoms with Gasteiger partial charge in [0, 0.05) is 0 Å². The van der Waals surface area contributed by atoms with E-state index < -0.39 is 0 Å². The molecule has 1 heteroatoms. The zero-order chi connectivity index (χ0) is 37.0. The average Bonchev–Trinajstić information content (AvgIpc) is 3.72. The molecule has 16 atom stereocenters. The van der Waals surface area contributed by atoms with E-state index in [9.17, 15) is 0 Å². The van der Waals surface area contributed by atoms with Crippen molar-refractivity contribution < 1.29 is 0 Å². The number of hydrogen-bond donors (Lipinski definition) is 1. The molecule has 0 amide bonds. The molecule has 0 N–H and O–H groups in total. The van der Waals surface area contributed by atoms with E-state index in [0.717, 1.165) is 100 Å². The Morgan fingerprint density at radius 3 is 1.81 bits per heavy atom. The number of unbranched alkanes of at least 4 members (excludes halogenated alkanes) is 3. The van der Waals surface area contributed by atoms with E-state index in [-0.39, 0.29) is 0 Å². The lowest BCUT2D eigenvalue weighted by molar-refractivity contribution is -0.0779. The van der Waals surface area contributed by atoms with Gasteiger partial charge in [0.25, 0.3) is 0 Å². The van der Waals surface area contributed by atoms with Gasteiger partial charge >= 0.3 is 0 Å². The van der Waals surface area contributed by atoms with Crippen LogP contribution in [0.1, 0.15) is 222 Å². The van der Waals surface area contributed by atoms with Crippen LogP contribution in [0.4, 0.5) is 0 Å². The Kier molecular flexibility index (Phi) is 18.7. The molecule has 0 heterocycles. The summed E-state index contributed by atoms with van der Waals surface area (Å²) in [5, 5.41) is 0. The Labute approximate surface area is 333 Å². The van der Waals surface area contributed by atoms with Crippen LogP contribution >= 0.6 is 12.6 Å². The van der Waals surface area contributed by atoms with Crippen molar-refractivity contribution in [2.45, 2.75) is 222 Å². The minimum absolute atomic E-state index is 0.897. The topological polar surface area (TPSA) is 0 Å². The highest BCUT2D eigenvalue weighted by Crippen LogP contribution is 2.59. The summed E-state index contributed by atoms with van der Waals surface area (Å²) >= 11 is 4.84. The predicted octanol–water partition coefficient (Wildman–Crippen LogP) is 16.5. The molecule has 0 bridgehead atoms. The fourth-order valence-electron chi connectivity index (χ4n) is 15.3. The molecule has 0 spiro atoms. The molecule has 0 aromatic rings. The largest absolute Gasteiger partial charge is 0.179 e. The molecule has 52 heavy (non-hydrogen) atoms. The van der Waals surface area contributed by atoms with Gasteiger partial charge in [-0.05, 0) is 177 Å². The summed E-state index contributed by atoms with van der Waals surface area (Å²) in [6, 6.07) is 0. The van der Waals surface area contributed by atoms with Gasteiger partial charge in [-0.25, -0.2) is 0 Å². The van der Waals surface area contributed by atoms with Crippen molar-refractivity contribution in [3.05, 3.63) is 0 Å². The van der Waals surface area contributed by atoms with Crippen LogP contribution in [0.15, 0.2) is 0 Å². The molecule has 0 aliphatic heterocycles. The van der Waals surface area contributed by atoms with Gasteiger partial charge in [0.05, 0.1) is 0 Å². The Morgan fingerprint density at radius 1 is 0.500 bits per heavy atom. The Balaban J connectivity index is 0.000000272. The standard InChI is InChI=1S/C35H64S.C16H30/c1-5-7-8-9-18-32(28-20-21-29(24-36)27(23-28)14-6-2)35-33-19-13-12-17-31(33)26(4)22-34(35)30-16-11-10-15-25(30)3;1-4-5-15-9-13(3)10-16(15)11-14-7-6-12(2)8-14/h25-36H,5-24H2,1-4H3;12-16H,4-11H2,1-3H3. The van der Waals surface area contributed by atoms with E-state index in [2.05, 4.69) is 48.5 Å². The van der Waals surface area contributed by atoms with Gasteiger partial charge < -0.3 is 0 Å². The lowest BCUT2D eigenvalue weighted by atomic mass is 9.48. The molecule has 16 unspecified atom stereocenters. The number of rotatable bonds is 15. The zero-order valence-electron chi connectivity index (χ0n) is 36.5. The first kappa shape index (κ1) is 43.5. The molecule has 6 aliphatic carbocycles. The minimum Gasteiger partial charge on any atom is -0.179 e. The van der Waals surface area contributed by atoms with Crippen molar-refractivity contribution in [2.75, 3.05) is 5.75 Å². The number of thiol groups is 1. The Morgan fingerprint density at radius 2 is 1.15 bits per heavy atom. The van der Waals surface area contributed by atoms with Crippen molar-refractivity contribution >= 4 is 12.6 Å². The van der Waals surface area contributed by atoms with E-state index in [1.165, 1.54) is 128 Å². The second-order valence-corrected chi connectivity index (χ2v) is 21.8. The molecule has 0 aromatic carbocycles. The maximum absolute atomic E-state index is 4.84. The van der Waals surface area contributed by atoms with Gasteiger partial charge in [0.15, 0.2) is 0 Å². The third-order valence-electron chi connectivity index (χ3n) is 17.7. The van der Waals surface area contributed by atoms with E-state index in [1.54, 1.807) is 44.9 Å². The molecular formula is C51H94S. The van der Waals surface area contributed by atoms with Gasteiger partial charge in [0.2, 0.25) is 0 Å². The number of hydrogen-bond acceptors (Lipinski definition) is 1. The summed E-state index contributed by atoms with van der Waals surface area (Å²) in [7, 11) is 0. The van der Waals surface area contributed by atoms with Gasteiger partial charge in [-0.3, -0.25) is 0 Å². The molecule has 6 rings (SSSR count). The second-order valence-electron chi connectivity index (χ2n) is 21.5. The summed E-state index contributed by atoms with van der Waals surface area (Å²) in [5.74, 6) is 17.5. The lowest BCUT2D eigenvalue weighted by Gasteiger charge is -2.57. The van der Waals surface area contributed by atoms with Crippen LogP contribution < -0.4 is 0 Å². The van der Waals surface area contributed by atoms with Crippen LogP contribution in [0.3, 0.4) is 0 Å². The predicted molar refractivity (Wildman–Crippen MR) is 234 cm³/mol. The van der Waals surface area contributed by atoms with Crippen LogP contribution in [0, 0.1) is 94.7 Å². The van der Waals surface area contributed by atoms with Gasteiger partial charge in [-0.2, -0.15) is 12.6 Å². The maximum Gasteiger partial charge on any atom is -0.00668 e. The Bertz CT molecular complexity index is 957. The SMILES string of the molecule is CCCC1CC(C)CC1CC1CCC(C)C1.CCCCCCC(C1CCC(CS)C(CCC)C1)C1C2CCCCC2C(C)CC1C1CCCCC1C. The summed E-state index contributed by atoms with van der Waals surface area (Å²) in [6.07, 6.45) is 40.7. The highest BCUT2D eigenvalue weighted by Gasteiger charge is 2.51. The molecule has 0 nitrogen and oxygen atoms in total. The van der Waals surface area contributed by atoms with Gasteiger partial charge in [-0.15, -0.1) is 0 Å². The molecule has 6 fully saturated rings. The van der Waals surface area contributed by atoms with Crippen LogP contribution in [-0.4, -0.2) is 5.75 Å². The molecule has 304 valence electrons. The molecular weight excluding hydrogens is 645 g/mol. The van der Waals surface area contributed by atoms with Crippen molar-refractivity contribution in [3.8, 4) is 0 Å². The van der Waals surface area contributed by atoms with Crippen molar-refractivity contribution in [1.82, 2.24) is 0 Å². The van der Waals surface area contributed by atoms with Gasteiger partial charge in [0.1, 0.15) is 0 Å². The van der Waals surface area contributed by atoms with E-state index >= 15 is 0 Å². The first-order valence-electron chi connectivity index (χ1n) is 24.9. The van der Waals surface area contributed by atoms with Crippen LogP contribution in [0.5, 0.6) is 0 Å². The Hall–Kier alpha value is 0.350. The monoisotopic (exact) mass is 739 g/mol. The third kappa shape index (κ3) is 11.7. The smallest absolute Gasteiger partial charge is 0.00668 e. The second kappa shape index (κ2) is 22.3. The first-order chi connectivity index (χ1) is 25.3. The third-order valence-corrected chi connectivity index (χ3v) is 18.2. The summed E-state index contributed by atoms with van der Waals surface area (Å²) in [5.41, 5.74) is 0. The van der Waals surface area contributed by atoms with E-state index in [1.807, 2.05) is 0 Å². The van der Waals surface area contributed by atoms with Crippen LogP contribution in [0.25, 0.3) is 0 Å². The number of fused-ring (bicyclic) bond motifs is 1. The fraction of sp³-hybridized carbons (Fsp3) is 1.00. The molecule has 0 radical (unpaired) electrons. The summed E-state index contributed by atoms with van der Waals surface area (Å²) in [6.45, 7) is 17.4. The molecule has 6 aliphatic rings. The average molecular weight is 739 g/mol. The van der Waals surface area contributed by atoms with Crippen molar-refractivity contribution in [2.24, 2.45) is 94.7 Å². The van der Waals surface area contributed by atoms with Gasteiger partial charge in [-0.1, -0.05) is 145 Å². The summed E-state index contributed by atoms with van der Waals surface area (Å²) in [4.78, 5) is 0. The normalized spacial score (nSPS) is 43.0. The zero-order valence-corrected chi connectivity index (χ0v) is 37.4. The lowest BCUT2D eigenvalue weighted by Crippen LogP contribution is -2.50. The molecule has 6 saturated carbocycles. The van der Waals surface area contributed by atoms with Crippen molar-refractivity contribution in [1.29, 1.82) is 0 Å². The first-order valence-corrected chi connectivity index (χ1v) is 25.5. The molecule has 0 aromatic heterocycles. The van der Waals surface area contributed by atoms with Crippen molar-refractivity contribution in [3.63, 3.8) is 0 Å². The highest BCUT2D eigenvalue weighted by molar-refractivity contribution is 7.80. The highest BCUT2D eigenvalue weighted by atomic mass is 32.1. The van der Waals surface area contributed by atoms with Crippen LogP contribution in [0.2, 0.25) is 0 Å². The maximum atomic E-state index is 4.84. The minimum atomic E-state index is 0.897. The summed E-state index contributed by atoms with van der Waals surface area (Å²) < 4.78 is 0. The van der Waals surface area contributed by atoms with E-state index in [0.29, 0.717) is 0 Å². The van der Waals surface area contributed by atoms with E-state index in [4.69, 9.17) is 12.6 Å². The van der Waals surface area contributed by atoms with Crippen LogP contribution in [-0.2, 0) is 0 Å². The quantitative estimate of drug-likeness (QED) is 0.126.